The highest BCUT2D eigenvalue weighted by Crippen LogP contribution is 2.03. The van der Waals surface area contributed by atoms with Crippen LogP contribution in [-0.2, 0) is 0 Å². The third-order valence-electron chi connectivity index (χ3n) is 1.05. The summed E-state index contributed by atoms with van der Waals surface area (Å²) in [5.74, 6) is 0. The van der Waals surface area contributed by atoms with Crippen molar-refractivity contribution >= 4 is 24.8 Å². The highest BCUT2D eigenvalue weighted by Gasteiger charge is 1.96. The Bertz CT molecular complexity index is 150. The van der Waals surface area contributed by atoms with E-state index >= 15 is 0 Å². The molecule has 3 N–H and O–H groups in total. The van der Waals surface area contributed by atoms with Gasteiger partial charge in [0, 0.05) is 17.8 Å². The highest BCUT2D eigenvalue weighted by atomic mass is 35.5. The van der Waals surface area contributed by atoms with Crippen molar-refractivity contribution in [3.63, 3.8) is 0 Å². The largest absolute Gasteiger partial charge is 0.324 e. The molecule has 0 bridgehead atoms. The molecule has 0 fully saturated rings. The summed E-state index contributed by atoms with van der Waals surface area (Å²) >= 11 is 0. The van der Waals surface area contributed by atoms with Gasteiger partial charge in [-0.2, -0.15) is 5.10 Å². The fourth-order valence-corrected chi connectivity index (χ4v) is 0.510. The van der Waals surface area contributed by atoms with Crippen molar-refractivity contribution in [1.29, 1.82) is 0 Å². The van der Waals surface area contributed by atoms with Gasteiger partial charge in [0.05, 0.1) is 6.20 Å². The first-order valence-corrected chi connectivity index (χ1v) is 2.55. The first kappa shape index (κ1) is 12.4. The van der Waals surface area contributed by atoms with Gasteiger partial charge in [0.25, 0.3) is 0 Å². The lowest BCUT2D eigenvalue weighted by atomic mass is 10.2. The van der Waals surface area contributed by atoms with Gasteiger partial charge in [-0.1, -0.05) is 0 Å². The third-order valence-corrected chi connectivity index (χ3v) is 1.05. The molecule has 0 radical (unpaired) electrons. The number of nitrogens with zero attached hydrogens (tertiary/aromatic N) is 1. The average Bonchev–Trinajstić information content (AvgIpc) is 2.12. The van der Waals surface area contributed by atoms with Crippen molar-refractivity contribution in [3.8, 4) is 0 Å². The lowest BCUT2D eigenvalue weighted by Gasteiger charge is -1.95. The Labute approximate surface area is 72.2 Å². The summed E-state index contributed by atoms with van der Waals surface area (Å²) in [6, 6.07) is 0.0914. The van der Waals surface area contributed by atoms with Crippen LogP contribution in [0, 0.1) is 0 Å². The quantitative estimate of drug-likeness (QED) is 0.690. The number of nitrogens with one attached hydrogen (secondary N) is 1. The summed E-state index contributed by atoms with van der Waals surface area (Å²) in [5.41, 5.74) is 6.54. The van der Waals surface area contributed by atoms with E-state index in [1.807, 2.05) is 6.92 Å². The van der Waals surface area contributed by atoms with E-state index < -0.39 is 0 Å². The van der Waals surface area contributed by atoms with Crippen LogP contribution in [0.2, 0.25) is 0 Å². The standard InChI is InChI=1S/C5H9N3.2ClH/c1-4(6)5-2-7-8-3-5;;/h2-4H,6H2,1H3,(H,7,8);2*1H. The molecular formula is C5H11Cl2N3. The third kappa shape index (κ3) is 3.06. The maximum atomic E-state index is 5.50. The molecule has 10 heavy (non-hydrogen) atoms. The van der Waals surface area contributed by atoms with Gasteiger partial charge in [0.2, 0.25) is 0 Å². The van der Waals surface area contributed by atoms with Crippen molar-refractivity contribution in [3.05, 3.63) is 18.0 Å². The minimum atomic E-state index is 0. The van der Waals surface area contributed by atoms with Crippen LogP contribution >= 0.6 is 24.8 Å². The van der Waals surface area contributed by atoms with Crippen LogP contribution in [0.1, 0.15) is 18.5 Å². The maximum absolute atomic E-state index is 5.50. The molecule has 0 saturated heterocycles. The molecule has 1 unspecified atom stereocenters. The predicted octanol–water partition coefficient (Wildman–Crippen LogP) is 1.27. The van der Waals surface area contributed by atoms with Crippen LogP contribution in [0.3, 0.4) is 0 Å². The second-order valence-corrected chi connectivity index (χ2v) is 1.82. The Kier molecular flexibility index (Phi) is 6.87. The molecule has 0 saturated carbocycles. The number of nitrogens with two attached hydrogens (primary N) is 1. The van der Waals surface area contributed by atoms with Gasteiger partial charge in [-0.15, -0.1) is 24.8 Å². The number of aromatic nitrogens is 2. The first-order chi connectivity index (χ1) is 3.80. The maximum Gasteiger partial charge on any atom is 0.0534 e. The normalized spacial score (nSPS) is 11.0. The summed E-state index contributed by atoms with van der Waals surface area (Å²) in [6.07, 6.45) is 3.52. The molecule has 0 aliphatic heterocycles. The molecular weight excluding hydrogens is 173 g/mol. The summed E-state index contributed by atoms with van der Waals surface area (Å²) in [5, 5.41) is 6.42. The molecule has 0 spiro atoms. The van der Waals surface area contributed by atoms with E-state index in [1.165, 1.54) is 0 Å². The lowest BCUT2D eigenvalue weighted by molar-refractivity contribution is 0.819. The second-order valence-electron chi connectivity index (χ2n) is 1.82. The minimum absolute atomic E-state index is 0. The monoisotopic (exact) mass is 183 g/mol. The van der Waals surface area contributed by atoms with Crippen molar-refractivity contribution in [2.24, 2.45) is 5.73 Å². The van der Waals surface area contributed by atoms with Crippen LogP contribution in [0.4, 0.5) is 0 Å². The molecule has 0 aromatic carbocycles. The van der Waals surface area contributed by atoms with Crippen molar-refractivity contribution in [2.75, 3.05) is 0 Å². The van der Waals surface area contributed by atoms with E-state index in [0.29, 0.717) is 0 Å². The average molecular weight is 184 g/mol. The fraction of sp³-hybridized carbons (Fsp3) is 0.400. The molecule has 1 heterocycles. The molecule has 1 aromatic rings. The molecule has 1 aromatic heterocycles. The van der Waals surface area contributed by atoms with Crippen LogP contribution in [-0.4, -0.2) is 10.2 Å². The zero-order valence-corrected chi connectivity index (χ0v) is 7.21. The van der Waals surface area contributed by atoms with Gasteiger partial charge in [-0.3, -0.25) is 5.10 Å². The van der Waals surface area contributed by atoms with Crippen LogP contribution in [0.25, 0.3) is 0 Å². The Morgan fingerprint density at radius 1 is 1.60 bits per heavy atom. The van der Waals surface area contributed by atoms with Gasteiger partial charge in [0.15, 0.2) is 0 Å². The van der Waals surface area contributed by atoms with E-state index in [2.05, 4.69) is 10.2 Å². The Morgan fingerprint density at radius 2 is 2.20 bits per heavy atom. The summed E-state index contributed by atoms with van der Waals surface area (Å²) < 4.78 is 0. The van der Waals surface area contributed by atoms with Gasteiger partial charge in [-0.25, -0.2) is 0 Å². The van der Waals surface area contributed by atoms with Crippen LogP contribution in [0.5, 0.6) is 0 Å². The topological polar surface area (TPSA) is 54.7 Å². The summed E-state index contributed by atoms with van der Waals surface area (Å²) in [4.78, 5) is 0. The zero-order chi connectivity index (χ0) is 5.98. The van der Waals surface area contributed by atoms with Crippen molar-refractivity contribution < 1.29 is 0 Å². The summed E-state index contributed by atoms with van der Waals surface area (Å²) in [7, 11) is 0. The number of hydrogen-bond acceptors (Lipinski definition) is 2. The van der Waals surface area contributed by atoms with Gasteiger partial charge < -0.3 is 5.73 Å². The van der Waals surface area contributed by atoms with Gasteiger partial charge in [0.1, 0.15) is 0 Å². The molecule has 1 rings (SSSR count). The molecule has 5 heteroatoms. The van der Waals surface area contributed by atoms with Crippen molar-refractivity contribution in [1.82, 2.24) is 10.2 Å². The highest BCUT2D eigenvalue weighted by molar-refractivity contribution is 5.85. The van der Waals surface area contributed by atoms with Crippen LogP contribution < -0.4 is 5.73 Å². The molecule has 3 nitrogen and oxygen atoms in total. The van der Waals surface area contributed by atoms with Crippen molar-refractivity contribution in [2.45, 2.75) is 13.0 Å². The predicted molar refractivity (Wildman–Crippen MR) is 45.7 cm³/mol. The number of H-pyrrole nitrogens is 1. The smallest absolute Gasteiger partial charge is 0.0534 e. The Morgan fingerprint density at radius 3 is 2.40 bits per heavy atom. The van der Waals surface area contributed by atoms with E-state index in [-0.39, 0.29) is 30.9 Å². The van der Waals surface area contributed by atoms with E-state index in [1.54, 1.807) is 12.4 Å². The molecule has 1 atom stereocenters. The van der Waals surface area contributed by atoms with Gasteiger partial charge >= 0.3 is 0 Å². The summed E-state index contributed by atoms with van der Waals surface area (Å²) in [6.45, 7) is 1.92. The van der Waals surface area contributed by atoms with E-state index in [9.17, 15) is 0 Å². The SMILES string of the molecule is CC(N)c1cn[nH]c1.Cl.Cl. The molecule has 0 amide bonds. The number of halogens is 2. The Hall–Kier alpha value is -0.250. The molecule has 0 aliphatic carbocycles. The molecule has 60 valence electrons. The van der Waals surface area contributed by atoms with Crippen LogP contribution in [0.15, 0.2) is 12.4 Å². The lowest BCUT2D eigenvalue weighted by Crippen LogP contribution is -2.02. The minimum Gasteiger partial charge on any atom is -0.324 e. The van der Waals surface area contributed by atoms with E-state index in [4.69, 9.17) is 5.73 Å². The van der Waals surface area contributed by atoms with E-state index in [0.717, 1.165) is 5.56 Å². The first-order valence-electron chi connectivity index (χ1n) is 2.55. The number of rotatable bonds is 1. The van der Waals surface area contributed by atoms with Gasteiger partial charge in [-0.05, 0) is 6.92 Å². The number of hydrogen-bond donors (Lipinski definition) is 2. The zero-order valence-electron chi connectivity index (χ0n) is 5.57. The Balaban J connectivity index is 0. The molecule has 0 aliphatic rings. The fourth-order valence-electron chi connectivity index (χ4n) is 0.510. The second kappa shape index (κ2) is 5.53. The number of aromatic amines is 1.